The van der Waals surface area contributed by atoms with E-state index in [0.29, 0.717) is 26.3 Å². The van der Waals surface area contributed by atoms with E-state index in [0.717, 1.165) is 10.0 Å². The summed E-state index contributed by atoms with van der Waals surface area (Å²) < 4.78 is 34.6. The molecule has 0 radical (unpaired) electrons. The molecule has 0 aromatic heterocycles. The molecule has 1 heterocycles. The highest BCUT2D eigenvalue weighted by Gasteiger charge is 2.26. The monoisotopic (exact) mass is 348 g/mol. The lowest BCUT2D eigenvalue weighted by atomic mass is 10.1. The minimum absolute atomic E-state index is 0.273. The molecular formula is C12H17BrN2O3S. The van der Waals surface area contributed by atoms with Crippen molar-refractivity contribution in [3.63, 3.8) is 0 Å². The highest BCUT2D eigenvalue weighted by atomic mass is 79.9. The van der Waals surface area contributed by atoms with E-state index in [1.54, 1.807) is 0 Å². The standard InChI is InChI=1S/C12H17BrN2O3S/c1-10(11-3-2-4-12(13)9-11)14-19(16,17)15-5-7-18-8-6-15/h2-4,9-10,14H,5-8H2,1H3/t10-/m0/s1. The number of hydrogen-bond donors (Lipinski definition) is 1. The van der Waals surface area contributed by atoms with Crippen LogP contribution in [0.5, 0.6) is 0 Å². The van der Waals surface area contributed by atoms with Crippen LogP contribution in [-0.2, 0) is 14.9 Å². The van der Waals surface area contributed by atoms with Gasteiger partial charge in [0.25, 0.3) is 10.2 Å². The average molecular weight is 349 g/mol. The quantitative estimate of drug-likeness (QED) is 0.900. The van der Waals surface area contributed by atoms with Crippen molar-refractivity contribution < 1.29 is 13.2 Å². The number of rotatable bonds is 4. The van der Waals surface area contributed by atoms with Gasteiger partial charge in [-0.05, 0) is 24.6 Å². The molecule has 0 saturated carbocycles. The van der Waals surface area contributed by atoms with E-state index in [4.69, 9.17) is 4.74 Å². The Morgan fingerprint density at radius 1 is 1.37 bits per heavy atom. The highest BCUT2D eigenvalue weighted by molar-refractivity contribution is 9.10. The molecule has 0 bridgehead atoms. The van der Waals surface area contributed by atoms with Crippen LogP contribution < -0.4 is 4.72 Å². The van der Waals surface area contributed by atoms with Crippen molar-refractivity contribution in [2.45, 2.75) is 13.0 Å². The lowest BCUT2D eigenvalue weighted by Crippen LogP contribution is -2.47. The van der Waals surface area contributed by atoms with E-state index in [1.807, 2.05) is 31.2 Å². The summed E-state index contributed by atoms with van der Waals surface area (Å²) in [5.41, 5.74) is 0.922. The first-order valence-electron chi connectivity index (χ1n) is 6.09. The Morgan fingerprint density at radius 3 is 2.68 bits per heavy atom. The fraction of sp³-hybridized carbons (Fsp3) is 0.500. The summed E-state index contributed by atoms with van der Waals surface area (Å²) in [5, 5.41) is 0. The van der Waals surface area contributed by atoms with E-state index >= 15 is 0 Å². The van der Waals surface area contributed by atoms with Crippen LogP contribution in [0.1, 0.15) is 18.5 Å². The summed E-state index contributed by atoms with van der Waals surface area (Å²) in [6.07, 6.45) is 0. The van der Waals surface area contributed by atoms with Crippen LogP contribution in [0.3, 0.4) is 0 Å². The maximum atomic E-state index is 12.2. The number of halogens is 1. The van der Waals surface area contributed by atoms with Gasteiger partial charge < -0.3 is 4.74 Å². The van der Waals surface area contributed by atoms with Gasteiger partial charge in [0.1, 0.15) is 0 Å². The zero-order valence-corrected chi connectivity index (χ0v) is 13.1. The minimum atomic E-state index is -3.46. The van der Waals surface area contributed by atoms with Gasteiger partial charge in [0.05, 0.1) is 13.2 Å². The Bertz CT molecular complexity index is 530. The number of benzene rings is 1. The predicted molar refractivity (Wildman–Crippen MR) is 77.0 cm³/mol. The van der Waals surface area contributed by atoms with E-state index < -0.39 is 10.2 Å². The van der Waals surface area contributed by atoms with Gasteiger partial charge in [-0.15, -0.1) is 0 Å². The molecule has 1 saturated heterocycles. The zero-order chi connectivity index (χ0) is 13.9. The smallest absolute Gasteiger partial charge is 0.280 e. The summed E-state index contributed by atoms with van der Waals surface area (Å²) >= 11 is 3.38. The maximum absolute atomic E-state index is 12.2. The van der Waals surface area contributed by atoms with E-state index in [9.17, 15) is 8.42 Å². The van der Waals surface area contributed by atoms with Crippen LogP contribution in [0.15, 0.2) is 28.7 Å². The molecule has 1 atom stereocenters. The summed E-state index contributed by atoms with van der Waals surface area (Å²) in [6, 6.07) is 7.33. The molecule has 1 aliphatic heterocycles. The molecule has 19 heavy (non-hydrogen) atoms. The lowest BCUT2D eigenvalue weighted by Gasteiger charge is -2.27. The lowest BCUT2D eigenvalue weighted by molar-refractivity contribution is 0.0723. The van der Waals surface area contributed by atoms with Gasteiger partial charge in [0.15, 0.2) is 0 Å². The van der Waals surface area contributed by atoms with Crippen molar-refractivity contribution in [2.24, 2.45) is 0 Å². The third-order valence-electron chi connectivity index (χ3n) is 2.98. The molecule has 0 amide bonds. The summed E-state index contributed by atoms with van der Waals surface area (Å²) in [7, 11) is -3.46. The first-order valence-corrected chi connectivity index (χ1v) is 8.33. The maximum Gasteiger partial charge on any atom is 0.280 e. The Hall–Kier alpha value is -0.470. The third-order valence-corrected chi connectivity index (χ3v) is 5.17. The van der Waals surface area contributed by atoms with Crippen molar-refractivity contribution in [3.8, 4) is 0 Å². The van der Waals surface area contributed by atoms with Crippen molar-refractivity contribution in [3.05, 3.63) is 34.3 Å². The fourth-order valence-electron chi connectivity index (χ4n) is 1.93. The average Bonchev–Trinajstić information content (AvgIpc) is 2.39. The predicted octanol–water partition coefficient (Wildman–Crippen LogP) is 1.68. The van der Waals surface area contributed by atoms with Crippen LogP contribution in [0.25, 0.3) is 0 Å². The Labute approximate surface area is 122 Å². The second kappa shape index (κ2) is 6.32. The minimum Gasteiger partial charge on any atom is -0.379 e. The Kier molecular flexibility index (Phi) is 4.97. The van der Waals surface area contributed by atoms with Crippen LogP contribution in [0.2, 0.25) is 0 Å². The number of nitrogens with zero attached hydrogens (tertiary/aromatic N) is 1. The molecule has 0 unspecified atom stereocenters. The largest absolute Gasteiger partial charge is 0.379 e. The van der Waals surface area contributed by atoms with Crippen LogP contribution in [-0.4, -0.2) is 39.0 Å². The van der Waals surface area contributed by atoms with Gasteiger partial charge >= 0.3 is 0 Å². The van der Waals surface area contributed by atoms with Crippen molar-refractivity contribution in [2.75, 3.05) is 26.3 Å². The second-order valence-electron chi connectivity index (χ2n) is 4.41. The fourth-order valence-corrected chi connectivity index (χ4v) is 3.71. The van der Waals surface area contributed by atoms with Crippen molar-refractivity contribution in [1.82, 2.24) is 9.03 Å². The van der Waals surface area contributed by atoms with Gasteiger partial charge in [0, 0.05) is 23.6 Å². The topological polar surface area (TPSA) is 58.6 Å². The second-order valence-corrected chi connectivity index (χ2v) is 7.03. The van der Waals surface area contributed by atoms with Crippen molar-refractivity contribution in [1.29, 1.82) is 0 Å². The van der Waals surface area contributed by atoms with Gasteiger partial charge in [-0.25, -0.2) is 0 Å². The number of hydrogen-bond acceptors (Lipinski definition) is 3. The molecule has 5 nitrogen and oxygen atoms in total. The first-order chi connectivity index (χ1) is 8.99. The first kappa shape index (κ1) is 14.9. The molecule has 0 spiro atoms. The zero-order valence-electron chi connectivity index (χ0n) is 10.7. The Morgan fingerprint density at radius 2 is 2.05 bits per heavy atom. The van der Waals surface area contributed by atoms with Gasteiger partial charge in [-0.2, -0.15) is 17.4 Å². The molecule has 2 rings (SSSR count). The Balaban J connectivity index is 2.07. The number of morpholine rings is 1. The van der Waals surface area contributed by atoms with Gasteiger partial charge in [0.2, 0.25) is 0 Å². The molecule has 1 fully saturated rings. The summed E-state index contributed by atoms with van der Waals surface area (Å²) in [6.45, 7) is 3.54. The van der Waals surface area contributed by atoms with Crippen LogP contribution >= 0.6 is 15.9 Å². The van der Waals surface area contributed by atoms with E-state index in [-0.39, 0.29) is 6.04 Å². The van der Waals surface area contributed by atoms with E-state index in [1.165, 1.54) is 4.31 Å². The van der Waals surface area contributed by atoms with Crippen molar-refractivity contribution >= 4 is 26.1 Å². The normalized spacial score (nSPS) is 19.3. The van der Waals surface area contributed by atoms with Gasteiger partial charge in [-0.3, -0.25) is 0 Å². The molecule has 1 aliphatic rings. The van der Waals surface area contributed by atoms with Crippen LogP contribution in [0.4, 0.5) is 0 Å². The molecule has 7 heteroatoms. The molecule has 1 N–H and O–H groups in total. The summed E-state index contributed by atoms with van der Waals surface area (Å²) in [5.74, 6) is 0. The highest BCUT2D eigenvalue weighted by Crippen LogP contribution is 2.19. The molecule has 106 valence electrons. The molecular weight excluding hydrogens is 332 g/mol. The molecule has 1 aromatic rings. The number of nitrogens with one attached hydrogen (secondary N) is 1. The summed E-state index contributed by atoms with van der Waals surface area (Å²) in [4.78, 5) is 0. The van der Waals surface area contributed by atoms with Crippen LogP contribution in [0, 0.1) is 0 Å². The molecule has 0 aliphatic carbocycles. The SMILES string of the molecule is C[C@H](NS(=O)(=O)N1CCOCC1)c1cccc(Br)c1. The van der Waals surface area contributed by atoms with Gasteiger partial charge in [-0.1, -0.05) is 28.1 Å². The van der Waals surface area contributed by atoms with E-state index in [2.05, 4.69) is 20.7 Å². The molecule has 1 aromatic carbocycles. The number of ether oxygens (including phenoxy) is 1. The third kappa shape index (κ3) is 4.00.